The van der Waals surface area contributed by atoms with E-state index in [4.69, 9.17) is 0 Å². The van der Waals surface area contributed by atoms with Crippen LogP contribution in [-0.2, 0) is 7.05 Å². The Labute approximate surface area is 95.1 Å². The maximum Gasteiger partial charge on any atom is 0.184 e. The van der Waals surface area contributed by atoms with Gasteiger partial charge in [0.25, 0.3) is 0 Å². The second kappa shape index (κ2) is 3.70. The summed E-state index contributed by atoms with van der Waals surface area (Å²) in [6, 6.07) is 1.14. The highest BCUT2D eigenvalue weighted by molar-refractivity contribution is 5.96. The molecule has 2 aliphatic heterocycles. The van der Waals surface area contributed by atoms with E-state index < -0.39 is 0 Å². The van der Waals surface area contributed by atoms with E-state index in [0.29, 0.717) is 12.1 Å². The van der Waals surface area contributed by atoms with Gasteiger partial charge < -0.3 is 9.88 Å². The first-order valence-electron chi connectivity index (χ1n) is 6.00. The molecule has 3 rings (SSSR count). The molecule has 1 N–H and O–H groups in total. The molecule has 2 bridgehead atoms. The van der Waals surface area contributed by atoms with Crippen LogP contribution >= 0.6 is 0 Å². The molecule has 2 unspecified atom stereocenters. The summed E-state index contributed by atoms with van der Waals surface area (Å²) in [5, 5.41) is 3.56. The van der Waals surface area contributed by atoms with Crippen LogP contribution in [0.3, 0.4) is 0 Å². The van der Waals surface area contributed by atoms with Gasteiger partial charge in [-0.05, 0) is 25.7 Å². The van der Waals surface area contributed by atoms with Crippen LogP contribution in [0, 0.1) is 5.92 Å². The van der Waals surface area contributed by atoms with Crippen molar-refractivity contribution in [3.8, 4) is 0 Å². The molecule has 2 fully saturated rings. The van der Waals surface area contributed by atoms with Crippen LogP contribution in [0.4, 0.5) is 0 Å². The van der Waals surface area contributed by atoms with E-state index in [2.05, 4.69) is 10.3 Å². The molecule has 0 aromatic carbocycles. The Morgan fingerprint density at radius 2 is 2.12 bits per heavy atom. The summed E-state index contributed by atoms with van der Waals surface area (Å²) < 4.78 is 1.83. The molecule has 2 aliphatic rings. The standard InChI is InChI=1S/C12H17N3O/c1-15-7-13-6-11(15)12(16)8-4-9-2-3-10(5-8)14-9/h6-10,14H,2-5H2,1H3. The summed E-state index contributed by atoms with van der Waals surface area (Å²) in [6.45, 7) is 0. The van der Waals surface area contributed by atoms with Crippen LogP contribution in [0.15, 0.2) is 12.5 Å². The van der Waals surface area contributed by atoms with E-state index in [1.165, 1.54) is 12.8 Å². The van der Waals surface area contributed by atoms with E-state index in [9.17, 15) is 4.79 Å². The molecule has 86 valence electrons. The molecular weight excluding hydrogens is 202 g/mol. The number of nitrogens with one attached hydrogen (secondary N) is 1. The lowest BCUT2D eigenvalue weighted by Crippen LogP contribution is -2.40. The van der Waals surface area contributed by atoms with Crippen molar-refractivity contribution in [3.63, 3.8) is 0 Å². The zero-order chi connectivity index (χ0) is 11.1. The van der Waals surface area contributed by atoms with Gasteiger partial charge in [-0.25, -0.2) is 4.98 Å². The molecule has 1 aromatic rings. The number of ketones is 1. The van der Waals surface area contributed by atoms with Crippen molar-refractivity contribution < 1.29 is 4.79 Å². The highest BCUT2D eigenvalue weighted by Crippen LogP contribution is 2.32. The van der Waals surface area contributed by atoms with Crippen molar-refractivity contribution in [3.05, 3.63) is 18.2 Å². The Kier molecular flexibility index (Phi) is 2.32. The molecule has 0 spiro atoms. The zero-order valence-electron chi connectivity index (χ0n) is 9.52. The van der Waals surface area contributed by atoms with Crippen LogP contribution in [0.1, 0.15) is 36.2 Å². The van der Waals surface area contributed by atoms with Crippen LogP contribution in [0.25, 0.3) is 0 Å². The lowest BCUT2D eigenvalue weighted by Gasteiger charge is -2.27. The van der Waals surface area contributed by atoms with Crippen molar-refractivity contribution in [2.24, 2.45) is 13.0 Å². The van der Waals surface area contributed by atoms with Gasteiger partial charge in [-0.1, -0.05) is 0 Å². The van der Waals surface area contributed by atoms with Gasteiger partial charge in [-0.3, -0.25) is 4.79 Å². The fraction of sp³-hybridized carbons (Fsp3) is 0.667. The Balaban J connectivity index is 1.79. The minimum absolute atomic E-state index is 0.203. The minimum atomic E-state index is 0.203. The molecule has 4 nitrogen and oxygen atoms in total. The Morgan fingerprint density at radius 3 is 2.69 bits per heavy atom. The van der Waals surface area contributed by atoms with Gasteiger partial charge in [0.15, 0.2) is 5.78 Å². The van der Waals surface area contributed by atoms with Crippen molar-refractivity contribution in [1.29, 1.82) is 0 Å². The number of aryl methyl sites for hydroxylation is 1. The normalized spacial score (nSPS) is 32.9. The largest absolute Gasteiger partial charge is 0.331 e. The molecule has 16 heavy (non-hydrogen) atoms. The maximum atomic E-state index is 12.3. The van der Waals surface area contributed by atoms with Gasteiger partial charge in [0, 0.05) is 25.0 Å². The first kappa shape index (κ1) is 10.0. The van der Waals surface area contributed by atoms with E-state index >= 15 is 0 Å². The lowest BCUT2D eigenvalue weighted by molar-refractivity contribution is 0.0867. The van der Waals surface area contributed by atoms with E-state index in [0.717, 1.165) is 18.5 Å². The van der Waals surface area contributed by atoms with E-state index in [-0.39, 0.29) is 11.7 Å². The third-order valence-corrected chi connectivity index (χ3v) is 3.91. The third kappa shape index (κ3) is 1.57. The highest BCUT2D eigenvalue weighted by atomic mass is 16.1. The van der Waals surface area contributed by atoms with E-state index in [1.54, 1.807) is 12.5 Å². The molecule has 2 atom stereocenters. The number of hydrogen-bond donors (Lipinski definition) is 1. The summed E-state index contributed by atoms with van der Waals surface area (Å²) in [7, 11) is 1.88. The monoisotopic (exact) mass is 219 g/mol. The summed E-state index contributed by atoms with van der Waals surface area (Å²) in [5.41, 5.74) is 0.756. The van der Waals surface area contributed by atoms with Gasteiger partial charge in [-0.2, -0.15) is 0 Å². The molecule has 2 saturated heterocycles. The first-order valence-corrected chi connectivity index (χ1v) is 6.00. The molecule has 0 radical (unpaired) electrons. The van der Waals surface area contributed by atoms with Crippen LogP contribution in [-0.4, -0.2) is 27.4 Å². The first-order chi connectivity index (χ1) is 7.74. The van der Waals surface area contributed by atoms with Crippen molar-refractivity contribution in [2.45, 2.75) is 37.8 Å². The number of carbonyl (C=O) groups is 1. The zero-order valence-corrected chi connectivity index (χ0v) is 9.52. The van der Waals surface area contributed by atoms with Gasteiger partial charge >= 0.3 is 0 Å². The predicted octanol–water partition coefficient (Wildman–Crippen LogP) is 1.13. The smallest absolute Gasteiger partial charge is 0.184 e. The second-order valence-electron chi connectivity index (χ2n) is 5.06. The molecule has 0 saturated carbocycles. The number of carbonyl (C=O) groups excluding carboxylic acids is 1. The average Bonchev–Trinajstić information content (AvgIpc) is 2.84. The number of aromatic nitrogens is 2. The molecule has 3 heterocycles. The highest BCUT2D eigenvalue weighted by Gasteiger charge is 2.37. The summed E-state index contributed by atoms with van der Waals surface area (Å²) in [6.07, 6.45) is 7.86. The fourth-order valence-corrected chi connectivity index (χ4v) is 3.08. The quantitative estimate of drug-likeness (QED) is 0.759. The summed E-state index contributed by atoms with van der Waals surface area (Å²) in [4.78, 5) is 16.3. The molecule has 1 aromatic heterocycles. The van der Waals surface area contributed by atoms with Crippen molar-refractivity contribution in [2.75, 3.05) is 0 Å². The Morgan fingerprint density at radius 1 is 1.44 bits per heavy atom. The maximum absolute atomic E-state index is 12.3. The van der Waals surface area contributed by atoms with Gasteiger partial charge in [0.05, 0.1) is 12.5 Å². The Bertz CT molecular complexity index is 400. The molecule has 0 aliphatic carbocycles. The third-order valence-electron chi connectivity index (χ3n) is 3.91. The number of Topliss-reactive ketones (excluding diaryl/α,β-unsaturated/α-hetero) is 1. The van der Waals surface area contributed by atoms with Crippen LogP contribution in [0.2, 0.25) is 0 Å². The predicted molar refractivity (Wildman–Crippen MR) is 60.2 cm³/mol. The average molecular weight is 219 g/mol. The van der Waals surface area contributed by atoms with Crippen LogP contribution in [0.5, 0.6) is 0 Å². The molecule has 4 heteroatoms. The topological polar surface area (TPSA) is 46.9 Å². The fourth-order valence-electron chi connectivity index (χ4n) is 3.08. The second-order valence-corrected chi connectivity index (χ2v) is 5.06. The molecule has 0 amide bonds. The van der Waals surface area contributed by atoms with Crippen molar-refractivity contribution >= 4 is 5.78 Å². The Hall–Kier alpha value is -1.16. The van der Waals surface area contributed by atoms with Gasteiger partial charge in [-0.15, -0.1) is 0 Å². The minimum Gasteiger partial charge on any atom is -0.331 e. The number of hydrogen-bond acceptors (Lipinski definition) is 3. The number of rotatable bonds is 2. The summed E-state index contributed by atoms with van der Waals surface area (Å²) in [5.74, 6) is 0.479. The lowest BCUT2D eigenvalue weighted by atomic mass is 9.87. The number of piperidine rings is 1. The number of nitrogens with zero attached hydrogens (tertiary/aromatic N) is 2. The van der Waals surface area contributed by atoms with E-state index in [1.807, 2.05) is 11.6 Å². The number of imidazole rings is 1. The molecular formula is C12H17N3O. The SMILES string of the molecule is Cn1cncc1C(=O)C1CC2CCC(C1)N2. The summed E-state index contributed by atoms with van der Waals surface area (Å²) >= 11 is 0. The van der Waals surface area contributed by atoms with Crippen molar-refractivity contribution in [1.82, 2.24) is 14.9 Å². The van der Waals surface area contributed by atoms with Gasteiger partial charge in [0.1, 0.15) is 5.69 Å². The van der Waals surface area contributed by atoms with Gasteiger partial charge in [0.2, 0.25) is 0 Å². The van der Waals surface area contributed by atoms with Crippen LogP contribution < -0.4 is 5.32 Å². The number of fused-ring (bicyclic) bond motifs is 2.